The lowest BCUT2D eigenvalue weighted by Gasteiger charge is -2.30. The maximum absolute atomic E-state index is 11.5. The molecular formula is C6H8ClF3O. The van der Waals surface area contributed by atoms with E-state index >= 15 is 0 Å². The highest BCUT2D eigenvalue weighted by atomic mass is 35.5. The van der Waals surface area contributed by atoms with Crippen molar-refractivity contribution in [3.05, 3.63) is 0 Å². The molecule has 0 N–H and O–H groups in total. The molecule has 1 nitrogen and oxygen atoms in total. The highest BCUT2D eigenvalue weighted by Crippen LogP contribution is 2.29. The van der Waals surface area contributed by atoms with Crippen molar-refractivity contribution >= 4 is 11.6 Å². The highest BCUT2D eigenvalue weighted by Gasteiger charge is 2.34. The molecule has 1 aliphatic rings. The molecule has 0 aromatic heterocycles. The smallest absolute Gasteiger partial charge is 0.369 e. The van der Waals surface area contributed by atoms with Crippen LogP contribution >= 0.6 is 11.6 Å². The fraction of sp³-hybridized carbons (Fsp3) is 1.00. The molecule has 0 aliphatic heterocycles. The lowest BCUT2D eigenvalue weighted by Crippen LogP contribution is -2.34. The Labute approximate surface area is 67.5 Å². The van der Waals surface area contributed by atoms with Crippen LogP contribution in [-0.4, -0.2) is 24.3 Å². The second kappa shape index (κ2) is 3.19. The molecule has 0 saturated heterocycles. The maximum atomic E-state index is 11.5. The summed E-state index contributed by atoms with van der Waals surface area (Å²) in [5, 5.41) is 0.00762. The first kappa shape index (κ1) is 9.13. The number of hydrogen-bond donors (Lipinski definition) is 0. The number of rotatable bonds is 2. The SMILES string of the molecule is FC(F)(F)COC1CC(Cl)C1. The first-order valence-corrected chi connectivity index (χ1v) is 3.73. The summed E-state index contributed by atoms with van der Waals surface area (Å²) in [6.45, 7) is -1.15. The van der Waals surface area contributed by atoms with Crippen molar-refractivity contribution < 1.29 is 17.9 Å². The number of halogens is 4. The fourth-order valence-corrected chi connectivity index (χ4v) is 1.25. The third-order valence-electron chi connectivity index (χ3n) is 1.52. The van der Waals surface area contributed by atoms with E-state index < -0.39 is 12.8 Å². The van der Waals surface area contributed by atoms with Gasteiger partial charge in [-0.3, -0.25) is 0 Å². The van der Waals surface area contributed by atoms with Crippen molar-refractivity contribution in [2.75, 3.05) is 6.61 Å². The zero-order valence-corrected chi connectivity index (χ0v) is 6.45. The summed E-state index contributed by atoms with van der Waals surface area (Å²) in [5.41, 5.74) is 0. The van der Waals surface area contributed by atoms with Crippen LogP contribution < -0.4 is 0 Å². The predicted molar refractivity (Wildman–Crippen MR) is 34.7 cm³/mol. The zero-order valence-electron chi connectivity index (χ0n) is 5.70. The second-order valence-electron chi connectivity index (χ2n) is 2.62. The average molecular weight is 189 g/mol. The van der Waals surface area contributed by atoms with Gasteiger partial charge in [0, 0.05) is 5.38 Å². The molecule has 0 unspecified atom stereocenters. The molecule has 0 atom stereocenters. The number of ether oxygens (including phenoxy) is 1. The summed E-state index contributed by atoms with van der Waals surface area (Å²) in [4.78, 5) is 0. The molecule has 0 bridgehead atoms. The van der Waals surface area contributed by atoms with Gasteiger partial charge in [0.15, 0.2) is 0 Å². The molecule has 1 rings (SSSR count). The molecule has 1 aliphatic carbocycles. The van der Waals surface area contributed by atoms with Crippen molar-refractivity contribution in [3.63, 3.8) is 0 Å². The third kappa shape index (κ3) is 3.29. The van der Waals surface area contributed by atoms with Crippen molar-refractivity contribution in [3.8, 4) is 0 Å². The van der Waals surface area contributed by atoms with Gasteiger partial charge >= 0.3 is 6.18 Å². The average Bonchev–Trinajstić information content (AvgIpc) is 1.75. The second-order valence-corrected chi connectivity index (χ2v) is 3.23. The van der Waals surface area contributed by atoms with E-state index in [1.807, 2.05) is 0 Å². The summed E-state index contributed by atoms with van der Waals surface area (Å²) < 4.78 is 39.1. The van der Waals surface area contributed by atoms with Crippen molar-refractivity contribution in [2.24, 2.45) is 0 Å². The molecule has 5 heteroatoms. The van der Waals surface area contributed by atoms with Crippen LogP contribution in [0.3, 0.4) is 0 Å². The van der Waals surface area contributed by atoms with E-state index in [0.717, 1.165) is 0 Å². The molecular weight excluding hydrogens is 181 g/mol. The van der Waals surface area contributed by atoms with Crippen LogP contribution in [0.1, 0.15) is 12.8 Å². The summed E-state index contributed by atoms with van der Waals surface area (Å²) in [5.74, 6) is 0. The Morgan fingerprint density at radius 3 is 2.27 bits per heavy atom. The standard InChI is InChI=1S/C6H8ClF3O/c7-4-1-5(2-4)11-3-6(8,9)10/h4-5H,1-3H2. The highest BCUT2D eigenvalue weighted by molar-refractivity contribution is 6.21. The Balaban J connectivity index is 2.05. The molecule has 1 saturated carbocycles. The molecule has 0 spiro atoms. The Kier molecular flexibility index (Phi) is 2.65. The molecule has 66 valence electrons. The van der Waals surface area contributed by atoms with Gasteiger partial charge in [-0.2, -0.15) is 13.2 Å². The zero-order chi connectivity index (χ0) is 8.48. The molecule has 11 heavy (non-hydrogen) atoms. The molecule has 0 heterocycles. The quantitative estimate of drug-likeness (QED) is 0.605. The van der Waals surface area contributed by atoms with E-state index in [1.54, 1.807) is 0 Å². The molecule has 0 amide bonds. The Morgan fingerprint density at radius 2 is 1.91 bits per heavy atom. The van der Waals surface area contributed by atoms with Gasteiger partial charge in [0.1, 0.15) is 6.61 Å². The van der Waals surface area contributed by atoms with E-state index in [4.69, 9.17) is 11.6 Å². The fourth-order valence-electron chi connectivity index (χ4n) is 0.850. The summed E-state index contributed by atoms with van der Waals surface area (Å²) >= 11 is 5.53. The van der Waals surface area contributed by atoms with Crippen LogP contribution in [0.15, 0.2) is 0 Å². The third-order valence-corrected chi connectivity index (χ3v) is 1.88. The summed E-state index contributed by atoms with van der Waals surface area (Å²) in [6.07, 6.45) is -3.41. The largest absolute Gasteiger partial charge is 0.411 e. The molecule has 1 fully saturated rings. The van der Waals surface area contributed by atoms with Gasteiger partial charge in [0.2, 0.25) is 0 Å². The van der Waals surface area contributed by atoms with E-state index in [2.05, 4.69) is 4.74 Å². The van der Waals surface area contributed by atoms with Crippen LogP contribution in [0, 0.1) is 0 Å². The van der Waals surface area contributed by atoms with E-state index in [9.17, 15) is 13.2 Å². The van der Waals surface area contributed by atoms with Gasteiger partial charge in [0.25, 0.3) is 0 Å². The van der Waals surface area contributed by atoms with Crippen molar-refractivity contribution in [1.82, 2.24) is 0 Å². The van der Waals surface area contributed by atoms with Crippen molar-refractivity contribution in [1.29, 1.82) is 0 Å². The summed E-state index contributed by atoms with van der Waals surface area (Å²) in [6, 6.07) is 0. The van der Waals surface area contributed by atoms with Gasteiger partial charge in [-0.1, -0.05) is 0 Å². The van der Waals surface area contributed by atoms with Gasteiger partial charge in [-0.05, 0) is 12.8 Å². The maximum Gasteiger partial charge on any atom is 0.411 e. The number of hydrogen-bond acceptors (Lipinski definition) is 1. The van der Waals surface area contributed by atoms with Crippen LogP contribution in [-0.2, 0) is 4.74 Å². The first-order chi connectivity index (χ1) is 4.97. The molecule has 0 aromatic carbocycles. The Hall–Kier alpha value is 0.0400. The van der Waals surface area contributed by atoms with Crippen LogP contribution in [0.25, 0.3) is 0 Å². The van der Waals surface area contributed by atoms with Gasteiger partial charge in [-0.25, -0.2) is 0 Å². The van der Waals surface area contributed by atoms with Crippen molar-refractivity contribution in [2.45, 2.75) is 30.5 Å². The lowest BCUT2D eigenvalue weighted by atomic mass is 9.95. The minimum absolute atomic E-state index is 0.00762. The van der Waals surface area contributed by atoms with Gasteiger partial charge in [-0.15, -0.1) is 11.6 Å². The van der Waals surface area contributed by atoms with E-state index in [1.165, 1.54) is 0 Å². The van der Waals surface area contributed by atoms with E-state index in [-0.39, 0.29) is 11.5 Å². The summed E-state index contributed by atoms with van der Waals surface area (Å²) in [7, 11) is 0. The topological polar surface area (TPSA) is 9.23 Å². The van der Waals surface area contributed by atoms with Crippen LogP contribution in [0.4, 0.5) is 13.2 Å². The minimum atomic E-state index is -4.21. The predicted octanol–water partition coefficient (Wildman–Crippen LogP) is 2.34. The lowest BCUT2D eigenvalue weighted by molar-refractivity contribution is -0.191. The minimum Gasteiger partial charge on any atom is -0.369 e. The molecule has 0 aromatic rings. The first-order valence-electron chi connectivity index (χ1n) is 3.30. The van der Waals surface area contributed by atoms with Gasteiger partial charge < -0.3 is 4.74 Å². The van der Waals surface area contributed by atoms with Crippen LogP contribution in [0.2, 0.25) is 0 Å². The van der Waals surface area contributed by atoms with E-state index in [0.29, 0.717) is 12.8 Å². The van der Waals surface area contributed by atoms with Crippen LogP contribution in [0.5, 0.6) is 0 Å². The monoisotopic (exact) mass is 188 g/mol. The Bertz CT molecular complexity index is 130. The molecule has 0 radical (unpaired) electrons. The Morgan fingerprint density at radius 1 is 1.36 bits per heavy atom. The normalized spacial score (nSPS) is 31.6. The number of alkyl halides is 4. The van der Waals surface area contributed by atoms with Gasteiger partial charge in [0.05, 0.1) is 6.10 Å².